The van der Waals surface area contributed by atoms with Gasteiger partial charge in [-0.3, -0.25) is 44.9 Å². The van der Waals surface area contributed by atoms with Gasteiger partial charge in [0.2, 0.25) is 0 Å². The van der Waals surface area contributed by atoms with E-state index in [4.69, 9.17) is 0 Å². The van der Waals surface area contributed by atoms with Crippen LogP contribution in [0, 0.1) is 55.4 Å². The van der Waals surface area contributed by atoms with Gasteiger partial charge in [0.1, 0.15) is 0 Å². The first-order valence-electron chi connectivity index (χ1n) is 26.7. The predicted octanol–water partition coefficient (Wildman–Crippen LogP) is 17.4. The third-order valence-corrected chi connectivity index (χ3v) is 12.0. The van der Waals surface area contributed by atoms with Crippen molar-refractivity contribution in [3.05, 3.63) is 294 Å². The number of hydrogen-bond acceptors (Lipinski definition) is 9. The summed E-state index contributed by atoms with van der Waals surface area (Å²) < 4.78 is 0. The van der Waals surface area contributed by atoms with Crippen molar-refractivity contribution in [1.29, 1.82) is 0 Å². The largest absolute Gasteiger partial charge is 0.264 e. The van der Waals surface area contributed by atoms with Crippen LogP contribution in [0.25, 0.3) is 55.6 Å². The van der Waals surface area contributed by atoms with Crippen LogP contribution in [0.1, 0.15) is 71.1 Å². The third-order valence-electron chi connectivity index (χ3n) is 12.0. The highest BCUT2D eigenvalue weighted by Crippen LogP contribution is 2.20. The third kappa shape index (κ3) is 20.8. The lowest BCUT2D eigenvalue weighted by Crippen LogP contribution is -2.12. The topological polar surface area (TPSA) is 116 Å². The zero-order chi connectivity index (χ0) is 57.1. The summed E-state index contributed by atoms with van der Waals surface area (Å²) in [6.07, 6.45) is 20.3. The Hall–Kier alpha value is -9.47. The number of benzene rings is 3. The monoisotopic (exact) mass is 1050 g/mol. The molecular weight excluding hydrogens is 979 g/mol. The van der Waals surface area contributed by atoms with E-state index in [1.807, 2.05) is 181 Å². The Morgan fingerprint density at radius 1 is 0.275 bits per heavy atom. The van der Waals surface area contributed by atoms with Gasteiger partial charge in [-0.15, -0.1) is 0 Å². The summed E-state index contributed by atoms with van der Waals surface area (Å²) in [7, 11) is 0. The maximum Gasteiger partial charge on any atom is 0.0886 e. The zero-order valence-corrected chi connectivity index (χ0v) is 48.1. The molecule has 12 rings (SSSR count). The highest BCUT2D eigenvalue weighted by Gasteiger charge is 2.14. The fourth-order valence-electron chi connectivity index (χ4n) is 7.37. The molecule has 0 saturated heterocycles. The van der Waals surface area contributed by atoms with Crippen molar-refractivity contribution >= 4 is 21.7 Å². The molecule has 0 aliphatic heterocycles. The van der Waals surface area contributed by atoms with Crippen LogP contribution in [0.3, 0.4) is 0 Å². The summed E-state index contributed by atoms with van der Waals surface area (Å²) in [4.78, 5) is 37.9. The van der Waals surface area contributed by atoms with E-state index in [0.717, 1.165) is 45.2 Å². The summed E-state index contributed by atoms with van der Waals surface area (Å²) in [6.45, 7) is 22.9. The SMILES string of the molecule is Cc1ccc(-c2ccccc2)nc1.Cc1ccc(-c2ccccn2)nc1.Cc1ccc(-c2cccnc2)nc1.Cc1ccc(C(C)(C)C)nc1.Cc1ccc(C)nc1.Cc1ccc2cccnc2c1.Cc1ccc2ccncc2c1. The van der Waals surface area contributed by atoms with Crippen LogP contribution < -0.4 is 0 Å². The molecular formula is C71H73N9. The van der Waals surface area contributed by atoms with Crippen molar-refractivity contribution in [3.63, 3.8) is 0 Å². The number of fused-ring (bicyclic) bond motifs is 2. The summed E-state index contributed by atoms with van der Waals surface area (Å²) in [5.74, 6) is 0. The van der Waals surface area contributed by atoms with Gasteiger partial charge >= 0.3 is 0 Å². The van der Waals surface area contributed by atoms with Gasteiger partial charge in [-0.1, -0.05) is 123 Å². The molecule has 0 aliphatic rings. The van der Waals surface area contributed by atoms with E-state index in [2.05, 4.69) is 171 Å². The van der Waals surface area contributed by atoms with Gasteiger partial charge in [0, 0.05) is 107 Å². The molecule has 12 aromatic rings. The van der Waals surface area contributed by atoms with Crippen LogP contribution in [0.2, 0.25) is 0 Å². The van der Waals surface area contributed by atoms with Gasteiger partial charge in [-0.25, -0.2) is 0 Å². The van der Waals surface area contributed by atoms with Crippen LogP contribution in [-0.2, 0) is 5.41 Å². The number of aromatic nitrogens is 9. The molecule has 402 valence electrons. The Kier molecular flexibility index (Phi) is 23.2. The minimum Gasteiger partial charge on any atom is -0.264 e. The average molecular weight is 1050 g/mol. The molecule has 0 N–H and O–H groups in total. The second-order valence-electron chi connectivity index (χ2n) is 20.4. The van der Waals surface area contributed by atoms with Crippen molar-refractivity contribution in [2.45, 2.75) is 81.6 Å². The first kappa shape index (κ1) is 59.8. The molecule has 3 aromatic carbocycles. The molecule has 9 nitrogen and oxygen atoms in total. The molecule has 0 atom stereocenters. The Bertz CT molecular complexity index is 3370. The van der Waals surface area contributed by atoms with Crippen molar-refractivity contribution in [2.75, 3.05) is 0 Å². The molecule has 0 amide bonds. The van der Waals surface area contributed by atoms with Crippen molar-refractivity contribution in [3.8, 4) is 33.9 Å². The molecule has 80 heavy (non-hydrogen) atoms. The van der Waals surface area contributed by atoms with Crippen molar-refractivity contribution < 1.29 is 0 Å². The molecule has 0 bridgehead atoms. The maximum absolute atomic E-state index is 4.35. The van der Waals surface area contributed by atoms with Gasteiger partial charge in [-0.2, -0.15) is 0 Å². The normalized spacial score (nSPS) is 10.2. The molecule has 0 fully saturated rings. The van der Waals surface area contributed by atoms with Crippen LogP contribution in [0.15, 0.2) is 244 Å². The average Bonchev–Trinajstić information content (AvgIpc) is 3.48. The smallest absolute Gasteiger partial charge is 0.0886 e. The Balaban J connectivity index is 0.000000151. The van der Waals surface area contributed by atoms with Crippen molar-refractivity contribution in [2.24, 2.45) is 0 Å². The first-order valence-corrected chi connectivity index (χ1v) is 26.7. The molecule has 0 saturated carbocycles. The zero-order valence-electron chi connectivity index (χ0n) is 48.1. The number of rotatable bonds is 3. The highest BCUT2D eigenvalue weighted by molar-refractivity contribution is 5.82. The van der Waals surface area contributed by atoms with Gasteiger partial charge in [0.15, 0.2) is 0 Å². The number of hydrogen-bond donors (Lipinski definition) is 0. The van der Waals surface area contributed by atoms with E-state index in [-0.39, 0.29) is 5.41 Å². The molecule has 9 aromatic heterocycles. The van der Waals surface area contributed by atoms with E-state index in [1.165, 1.54) is 60.7 Å². The molecule has 0 radical (unpaired) electrons. The van der Waals surface area contributed by atoms with E-state index < -0.39 is 0 Å². The molecule has 0 unspecified atom stereocenters. The Morgan fingerprint density at radius 3 is 1.31 bits per heavy atom. The summed E-state index contributed by atoms with van der Waals surface area (Å²) >= 11 is 0. The standard InChI is InChI=1S/C12H11N.2C11H10N2.2C10H9N.C10H15N.C7H9N/c1-10-7-8-12(13-9-10)11-5-3-2-4-6-11;1-9-4-5-11(13-7-9)10-3-2-6-12-8-10;1-9-5-6-11(13-8-9)10-4-2-3-7-12-10;1-8-2-3-9-4-5-11-7-10(9)6-8;1-8-4-5-9-3-2-6-11-10(9)7-8;1-8-5-6-9(11-7-8)10(2,3)4;1-6-3-4-7(2)8-5-6/h2-9H,1H3;2*2-8H,1H3;2*2-7H,1H3;5-7H,1-4H3;3-5H,1-2H3. The lowest BCUT2D eigenvalue weighted by molar-refractivity contribution is 0.568. The molecule has 0 spiro atoms. The lowest BCUT2D eigenvalue weighted by atomic mass is 9.91. The number of pyridine rings is 9. The Morgan fingerprint density at radius 2 is 0.775 bits per heavy atom. The maximum atomic E-state index is 4.35. The second kappa shape index (κ2) is 31.1. The van der Waals surface area contributed by atoms with Crippen molar-refractivity contribution in [1.82, 2.24) is 44.9 Å². The summed E-state index contributed by atoms with van der Waals surface area (Å²) in [5.41, 5.74) is 18.1. The van der Waals surface area contributed by atoms with Gasteiger partial charge < -0.3 is 0 Å². The minimum absolute atomic E-state index is 0.174. The van der Waals surface area contributed by atoms with Crippen LogP contribution in [-0.4, -0.2) is 44.9 Å². The first-order chi connectivity index (χ1) is 38.6. The van der Waals surface area contributed by atoms with E-state index in [9.17, 15) is 0 Å². The molecule has 9 heterocycles. The molecule has 0 aliphatic carbocycles. The second-order valence-corrected chi connectivity index (χ2v) is 20.4. The van der Waals surface area contributed by atoms with Gasteiger partial charge in [-0.05, 0) is 173 Å². The number of aryl methyl sites for hydroxylation is 8. The highest BCUT2D eigenvalue weighted by atomic mass is 14.8. The predicted molar refractivity (Wildman–Crippen MR) is 333 cm³/mol. The lowest BCUT2D eigenvalue weighted by Gasteiger charge is -2.16. The van der Waals surface area contributed by atoms with Crippen LogP contribution in [0.4, 0.5) is 0 Å². The van der Waals surface area contributed by atoms with E-state index in [0.29, 0.717) is 0 Å². The minimum atomic E-state index is 0.174. The van der Waals surface area contributed by atoms with Crippen LogP contribution >= 0.6 is 0 Å². The molecule has 9 heteroatoms. The van der Waals surface area contributed by atoms with Gasteiger partial charge in [0.05, 0.1) is 28.3 Å². The van der Waals surface area contributed by atoms with E-state index >= 15 is 0 Å². The summed E-state index contributed by atoms with van der Waals surface area (Å²) in [5, 5.41) is 3.68. The summed E-state index contributed by atoms with van der Waals surface area (Å²) in [6, 6.07) is 59.1. The van der Waals surface area contributed by atoms with Crippen LogP contribution in [0.5, 0.6) is 0 Å². The van der Waals surface area contributed by atoms with Gasteiger partial charge in [0.25, 0.3) is 0 Å². The fraction of sp³-hybridized carbons (Fsp3) is 0.169. The fourth-order valence-corrected chi connectivity index (χ4v) is 7.37. The van der Waals surface area contributed by atoms with E-state index in [1.54, 1.807) is 12.4 Å². The number of nitrogens with zero attached hydrogens (tertiary/aromatic N) is 9. The Labute approximate surface area is 474 Å². The quantitative estimate of drug-likeness (QED) is 0.171.